The van der Waals surface area contributed by atoms with Crippen LogP contribution in [0.5, 0.6) is 5.75 Å². The average molecular weight is 414 g/mol. The van der Waals surface area contributed by atoms with Gasteiger partial charge in [-0.15, -0.1) is 0 Å². The maximum Gasteiger partial charge on any atom is 0.294 e. The topological polar surface area (TPSA) is 86.9 Å². The van der Waals surface area contributed by atoms with Gasteiger partial charge in [0.2, 0.25) is 5.65 Å². The number of benzene rings is 1. The molecule has 8 nitrogen and oxygen atoms in total. The zero-order valence-electron chi connectivity index (χ0n) is 16.9. The number of aromatic nitrogens is 3. The van der Waals surface area contributed by atoms with Crippen LogP contribution >= 0.6 is 0 Å². The Morgan fingerprint density at radius 3 is 2.80 bits per heavy atom. The summed E-state index contributed by atoms with van der Waals surface area (Å²) in [6, 6.07) is 4.43. The number of imidazole rings is 1. The molecule has 1 aromatic carbocycles. The molecule has 3 heterocycles. The number of methoxy groups -OCH3 is 1. The predicted molar refractivity (Wildman–Crippen MR) is 108 cm³/mol. The summed E-state index contributed by atoms with van der Waals surface area (Å²) in [4.78, 5) is 29.5. The molecule has 1 N–H and O–H groups in total. The third kappa shape index (κ3) is 3.80. The van der Waals surface area contributed by atoms with Crippen LogP contribution in [-0.2, 0) is 11.8 Å². The van der Waals surface area contributed by atoms with Gasteiger partial charge < -0.3 is 19.4 Å². The average Bonchev–Trinajstić information content (AvgIpc) is 3.20. The van der Waals surface area contributed by atoms with Gasteiger partial charge >= 0.3 is 0 Å². The number of nitrogens with zero attached hydrogens (tertiary/aromatic N) is 3. The van der Waals surface area contributed by atoms with Crippen LogP contribution in [0.2, 0.25) is 0 Å². The summed E-state index contributed by atoms with van der Waals surface area (Å²) in [5.41, 5.74) is 0.430. The zero-order valence-corrected chi connectivity index (χ0v) is 16.9. The van der Waals surface area contributed by atoms with E-state index in [1.165, 1.54) is 28.3 Å². The maximum absolute atomic E-state index is 14.6. The number of halogens is 1. The van der Waals surface area contributed by atoms with Crippen LogP contribution in [0.15, 0.2) is 35.4 Å². The van der Waals surface area contributed by atoms with Crippen molar-refractivity contribution in [1.82, 2.24) is 19.3 Å². The Hall–Kier alpha value is -3.20. The fraction of sp³-hybridized carbons (Fsp3) is 0.381. The van der Waals surface area contributed by atoms with Gasteiger partial charge in [-0.25, -0.2) is 9.37 Å². The summed E-state index contributed by atoms with van der Waals surface area (Å²) in [7, 11) is 3.00. The first kappa shape index (κ1) is 20.1. The van der Waals surface area contributed by atoms with Crippen molar-refractivity contribution in [2.75, 3.05) is 26.9 Å². The lowest BCUT2D eigenvalue weighted by atomic mass is 10.0. The number of hydrogen-bond donors (Lipinski definition) is 1. The zero-order chi connectivity index (χ0) is 21.3. The van der Waals surface area contributed by atoms with E-state index in [1.54, 1.807) is 25.4 Å². The number of amides is 1. The van der Waals surface area contributed by atoms with Gasteiger partial charge in [0.25, 0.3) is 11.5 Å². The molecule has 4 rings (SSSR count). The molecule has 0 bridgehead atoms. The Morgan fingerprint density at radius 2 is 2.10 bits per heavy atom. The molecule has 0 radical (unpaired) electrons. The molecule has 1 saturated heterocycles. The van der Waals surface area contributed by atoms with Crippen LogP contribution in [0.25, 0.3) is 16.9 Å². The molecular weight excluding hydrogens is 391 g/mol. The first-order chi connectivity index (χ1) is 14.5. The molecule has 1 aliphatic rings. The number of carbonyl (C=O) groups excluding carboxylic acids is 1. The first-order valence-electron chi connectivity index (χ1n) is 9.76. The molecule has 0 atom stereocenters. The van der Waals surface area contributed by atoms with Crippen LogP contribution < -0.4 is 15.6 Å². The molecular formula is C21H23FN4O4. The summed E-state index contributed by atoms with van der Waals surface area (Å²) >= 11 is 0. The lowest BCUT2D eigenvalue weighted by Gasteiger charge is -2.21. The van der Waals surface area contributed by atoms with Crippen molar-refractivity contribution in [3.05, 3.63) is 52.5 Å². The molecule has 158 valence electrons. The minimum absolute atomic E-state index is 0.103. The second kappa shape index (κ2) is 8.27. The largest absolute Gasteiger partial charge is 0.497 e. The molecule has 2 aromatic heterocycles. The van der Waals surface area contributed by atoms with Crippen molar-refractivity contribution in [2.45, 2.75) is 12.8 Å². The van der Waals surface area contributed by atoms with Crippen molar-refractivity contribution in [3.63, 3.8) is 0 Å². The number of fused-ring (bicyclic) bond motifs is 1. The minimum Gasteiger partial charge on any atom is -0.497 e. The van der Waals surface area contributed by atoms with E-state index >= 15 is 0 Å². The molecule has 3 aromatic rings. The van der Waals surface area contributed by atoms with E-state index in [4.69, 9.17) is 9.47 Å². The van der Waals surface area contributed by atoms with E-state index in [1.807, 2.05) is 0 Å². The fourth-order valence-electron chi connectivity index (χ4n) is 3.60. The van der Waals surface area contributed by atoms with Crippen molar-refractivity contribution in [1.29, 1.82) is 0 Å². The Labute approximate surface area is 172 Å². The summed E-state index contributed by atoms with van der Waals surface area (Å²) in [5, 5.41) is 2.88. The van der Waals surface area contributed by atoms with Crippen LogP contribution in [-0.4, -0.2) is 46.7 Å². The SMILES string of the molecule is COc1ccc(-c2cn3cc(C(=O)NCC4CCOCC4)nc3c(=O)n2C)c(F)c1. The smallest absolute Gasteiger partial charge is 0.294 e. The molecule has 0 unspecified atom stereocenters. The lowest BCUT2D eigenvalue weighted by Crippen LogP contribution is -2.32. The van der Waals surface area contributed by atoms with Crippen molar-refractivity contribution in [2.24, 2.45) is 13.0 Å². The number of hydrogen-bond acceptors (Lipinski definition) is 5. The van der Waals surface area contributed by atoms with Gasteiger partial charge in [-0.05, 0) is 30.9 Å². The van der Waals surface area contributed by atoms with Crippen LogP contribution in [0.4, 0.5) is 4.39 Å². The van der Waals surface area contributed by atoms with Crippen LogP contribution in [0, 0.1) is 11.7 Å². The van der Waals surface area contributed by atoms with Gasteiger partial charge in [0, 0.05) is 50.8 Å². The maximum atomic E-state index is 14.6. The van der Waals surface area contributed by atoms with Crippen LogP contribution in [0.3, 0.4) is 0 Å². The van der Waals surface area contributed by atoms with Crippen molar-refractivity contribution >= 4 is 11.6 Å². The summed E-state index contributed by atoms with van der Waals surface area (Å²) < 4.78 is 27.7. The number of nitrogens with one attached hydrogen (secondary N) is 1. The molecule has 1 fully saturated rings. The van der Waals surface area contributed by atoms with Gasteiger partial charge in [0.15, 0.2) is 0 Å². The highest BCUT2D eigenvalue weighted by Crippen LogP contribution is 2.25. The van der Waals surface area contributed by atoms with E-state index in [0.29, 0.717) is 37.1 Å². The Bertz CT molecular complexity index is 1150. The third-order valence-corrected chi connectivity index (χ3v) is 5.43. The quantitative estimate of drug-likeness (QED) is 0.690. The highest BCUT2D eigenvalue weighted by molar-refractivity contribution is 5.92. The van der Waals surface area contributed by atoms with E-state index in [-0.39, 0.29) is 22.8 Å². The van der Waals surface area contributed by atoms with Gasteiger partial charge in [-0.3, -0.25) is 14.0 Å². The molecule has 1 aliphatic heterocycles. The summed E-state index contributed by atoms with van der Waals surface area (Å²) in [6.45, 7) is 1.95. The van der Waals surface area contributed by atoms with E-state index in [0.717, 1.165) is 12.8 Å². The molecule has 0 aliphatic carbocycles. The minimum atomic E-state index is -0.516. The second-order valence-electron chi connectivity index (χ2n) is 7.35. The highest BCUT2D eigenvalue weighted by Gasteiger charge is 2.19. The Kier molecular flexibility index (Phi) is 5.54. The van der Waals surface area contributed by atoms with Crippen molar-refractivity contribution in [3.8, 4) is 17.0 Å². The van der Waals surface area contributed by atoms with Crippen molar-refractivity contribution < 1.29 is 18.7 Å². The Morgan fingerprint density at radius 1 is 1.33 bits per heavy atom. The number of ether oxygens (including phenoxy) is 2. The van der Waals surface area contributed by atoms with Gasteiger partial charge in [0.05, 0.1) is 12.8 Å². The van der Waals surface area contributed by atoms with Gasteiger partial charge in [-0.1, -0.05) is 0 Å². The number of rotatable bonds is 5. The first-order valence-corrected chi connectivity index (χ1v) is 9.76. The normalized spacial score (nSPS) is 14.8. The Balaban J connectivity index is 1.64. The lowest BCUT2D eigenvalue weighted by molar-refractivity contribution is 0.0642. The van der Waals surface area contributed by atoms with Gasteiger partial charge in [0.1, 0.15) is 17.3 Å². The fourth-order valence-corrected chi connectivity index (χ4v) is 3.60. The molecule has 0 saturated carbocycles. The third-order valence-electron chi connectivity index (χ3n) is 5.43. The van der Waals surface area contributed by atoms with Gasteiger partial charge in [-0.2, -0.15) is 0 Å². The molecule has 0 spiro atoms. The van der Waals surface area contributed by atoms with Crippen LogP contribution in [0.1, 0.15) is 23.3 Å². The van der Waals surface area contributed by atoms with E-state index in [2.05, 4.69) is 10.3 Å². The van der Waals surface area contributed by atoms with E-state index in [9.17, 15) is 14.0 Å². The molecule has 30 heavy (non-hydrogen) atoms. The second-order valence-corrected chi connectivity index (χ2v) is 7.35. The number of carbonyl (C=O) groups is 1. The molecule has 9 heteroatoms. The highest BCUT2D eigenvalue weighted by atomic mass is 19.1. The summed E-state index contributed by atoms with van der Waals surface area (Å²) in [5.74, 6) is -0.103. The van der Waals surface area contributed by atoms with E-state index < -0.39 is 11.4 Å². The predicted octanol–water partition coefficient (Wildman–Crippen LogP) is 2.00. The summed E-state index contributed by atoms with van der Waals surface area (Å²) in [6.07, 6.45) is 4.89. The standard InChI is InChI=1S/C21H23FN4O4/c1-25-18(15-4-3-14(29-2)9-16(15)22)12-26-11-17(24-19(26)21(25)28)20(27)23-10-13-5-7-30-8-6-13/h3-4,9,11-13H,5-8,10H2,1-2H3,(H,23,27). The molecule has 1 amide bonds. The monoisotopic (exact) mass is 414 g/mol.